The minimum Gasteiger partial charge on any atom is -0.352 e. The molecule has 2 aliphatic carbocycles. The van der Waals surface area contributed by atoms with Crippen molar-refractivity contribution in [3.05, 3.63) is 24.5 Å². The van der Waals surface area contributed by atoms with E-state index in [1.165, 1.54) is 31.0 Å². The fourth-order valence-corrected chi connectivity index (χ4v) is 4.68. The number of thioether (sulfide) groups is 1. The standard InChI is InChI=1S/C20H27N5OS/c1-13-6-3-4-8-17(13)22-19(26)14(2)27-20-24-23-18(25(20)16-9-10-16)15-7-5-11-21-12-15/h5,7,11-14,16-17H,3-4,6,8-10H2,1-2H3,(H,22,26)/t13-,14+,17+/m0/s1. The molecule has 2 fully saturated rings. The van der Waals surface area contributed by atoms with Gasteiger partial charge in [0.1, 0.15) is 0 Å². The van der Waals surface area contributed by atoms with Crippen LogP contribution in [0.2, 0.25) is 0 Å². The number of carbonyl (C=O) groups is 1. The van der Waals surface area contributed by atoms with Crippen LogP contribution in [-0.2, 0) is 4.79 Å². The summed E-state index contributed by atoms with van der Waals surface area (Å²) in [4.78, 5) is 16.9. The number of amides is 1. The van der Waals surface area contributed by atoms with Crippen molar-refractivity contribution in [1.82, 2.24) is 25.1 Å². The lowest BCUT2D eigenvalue weighted by Gasteiger charge is -2.30. The third-order valence-electron chi connectivity index (χ3n) is 5.59. The van der Waals surface area contributed by atoms with Crippen molar-refractivity contribution >= 4 is 17.7 Å². The van der Waals surface area contributed by atoms with Gasteiger partial charge in [-0.25, -0.2) is 0 Å². The van der Waals surface area contributed by atoms with Crippen molar-refractivity contribution in [2.24, 2.45) is 5.92 Å². The second-order valence-corrected chi connectivity index (χ2v) is 9.09. The Hall–Kier alpha value is -1.89. The third kappa shape index (κ3) is 4.18. The highest BCUT2D eigenvalue weighted by Gasteiger charge is 2.32. The molecule has 0 aromatic carbocycles. The first-order valence-corrected chi connectivity index (χ1v) is 10.8. The Bertz CT molecular complexity index is 789. The number of nitrogens with zero attached hydrogens (tertiary/aromatic N) is 4. The lowest BCUT2D eigenvalue weighted by atomic mass is 9.86. The second-order valence-electron chi connectivity index (χ2n) is 7.79. The summed E-state index contributed by atoms with van der Waals surface area (Å²) in [5.41, 5.74) is 0.969. The van der Waals surface area contributed by atoms with E-state index in [0.29, 0.717) is 18.0 Å². The van der Waals surface area contributed by atoms with Gasteiger partial charge in [0.05, 0.1) is 5.25 Å². The van der Waals surface area contributed by atoms with Crippen LogP contribution in [0.4, 0.5) is 0 Å². The molecule has 0 saturated heterocycles. The Labute approximate surface area is 164 Å². The van der Waals surface area contributed by atoms with Crippen LogP contribution < -0.4 is 5.32 Å². The molecule has 2 aliphatic rings. The van der Waals surface area contributed by atoms with Gasteiger partial charge in [0, 0.05) is 30.0 Å². The number of nitrogens with one attached hydrogen (secondary N) is 1. The van der Waals surface area contributed by atoms with E-state index in [2.05, 4.69) is 32.0 Å². The van der Waals surface area contributed by atoms with E-state index in [1.54, 1.807) is 6.20 Å². The molecular formula is C20H27N5OS. The molecule has 7 heteroatoms. The predicted molar refractivity (Wildman–Crippen MR) is 106 cm³/mol. The normalized spacial score (nSPS) is 23.8. The number of hydrogen-bond donors (Lipinski definition) is 1. The number of aromatic nitrogens is 4. The average Bonchev–Trinajstić information content (AvgIpc) is 3.44. The molecule has 4 rings (SSSR count). The van der Waals surface area contributed by atoms with Gasteiger partial charge in [-0.05, 0) is 50.7 Å². The zero-order valence-corrected chi connectivity index (χ0v) is 16.8. The molecule has 6 nitrogen and oxygen atoms in total. The molecule has 0 bridgehead atoms. The van der Waals surface area contributed by atoms with Crippen LogP contribution in [-0.4, -0.2) is 36.9 Å². The van der Waals surface area contributed by atoms with Gasteiger partial charge in [-0.15, -0.1) is 10.2 Å². The van der Waals surface area contributed by atoms with Crippen LogP contribution in [0.25, 0.3) is 11.4 Å². The van der Waals surface area contributed by atoms with Crippen molar-refractivity contribution in [2.75, 3.05) is 0 Å². The van der Waals surface area contributed by atoms with E-state index in [0.717, 1.165) is 35.8 Å². The number of pyridine rings is 1. The smallest absolute Gasteiger partial charge is 0.233 e. The van der Waals surface area contributed by atoms with E-state index in [-0.39, 0.29) is 11.2 Å². The molecule has 2 saturated carbocycles. The average molecular weight is 386 g/mol. The minimum absolute atomic E-state index is 0.104. The zero-order chi connectivity index (χ0) is 18.8. The first-order chi connectivity index (χ1) is 13.1. The maximum Gasteiger partial charge on any atom is 0.233 e. The first-order valence-electron chi connectivity index (χ1n) is 9.96. The molecule has 2 aromatic heterocycles. The highest BCUT2D eigenvalue weighted by molar-refractivity contribution is 8.00. The van der Waals surface area contributed by atoms with E-state index in [1.807, 2.05) is 25.3 Å². The minimum atomic E-state index is -0.192. The fourth-order valence-electron chi connectivity index (χ4n) is 3.75. The van der Waals surface area contributed by atoms with Gasteiger partial charge >= 0.3 is 0 Å². The summed E-state index contributed by atoms with van der Waals surface area (Å²) in [5, 5.41) is 12.7. The van der Waals surface area contributed by atoms with Crippen molar-refractivity contribution in [3.8, 4) is 11.4 Å². The quantitative estimate of drug-likeness (QED) is 0.765. The van der Waals surface area contributed by atoms with Crippen LogP contribution in [0.5, 0.6) is 0 Å². The van der Waals surface area contributed by atoms with Gasteiger partial charge in [-0.2, -0.15) is 0 Å². The maximum atomic E-state index is 12.7. The highest BCUT2D eigenvalue weighted by atomic mass is 32.2. The SMILES string of the molecule is C[C@@H](Sc1nnc(-c2cccnc2)n1C1CC1)C(=O)N[C@@H]1CCCC[C@@H]1C. The van der Waals surface area contributed by atoms with Crippen LogP contribution in [0.1, 0.15) is 58.4 Å². The summed E-state index contributed by atoms with van der Waals surface area (Å²) >= 11 is 1.51. The third-order valence-corrected chi connectivity index (χ3v) is 6.64. The largest absolute Gasteiger partial charge is 0.352 e. The molecule has 1 amide bonds. The first kappa shape index (κ1) is 18.5. The Morgan fingerprint density at radius 1 is 1.26 bits per heavy atom. The summed E-state index contributed by atoms with van der Waals surface area (Å²) in [6.07, 6.45) is 10.6. The second kappa shape index (κ2) is 8.00. The van der Waals surface area contributed by atoms with Gasteiger partial charge < -0.3 is 5.32 Å². The molecule has 0 radical (unpaired) electrons. The van der Waals surface area contributed by atoms with Crippen LogP contribution in [0.3, 0.4) is 0 Å². The fraction of sp³-hybridized carbons (Fsp3) is 0.600. The van der Waals surface area contributed by atoms with Gasteiger partial charge in [-0.3, -0.25) is 14.3 Å². The molecule has 1 N–H and O–H groups in total. The van der Waals surface area contributed by atoms with Gasteiger partial charge in [-0.1, -0.05) is 31.5 Å². The Morgan fingerprint density at radius 2 is 2.07 bits per heavy atom. The molecule has 2 aromatic rings. The highest BCUT2D eigenvalue weighted by Crippen LogP contribution is 2.41. The summed E-state index contributed by atoms with van der Waals surface area (Å²) < 4.78 is 2.19. The molecule has 0 aliphatic heterocycles. The maximum absolute atomic E-state index is 12.7. The van der Waals surface area contributed by atoms with Crippen molar-refractivity contribution in [2.45, 2.75) is 74.9 Å². The van der Waals surface area contributed by atoms with E-state index in [9.17, 15) is 4.79 Å². The van der Waals surface area contributed by atoms with Gasteiger partial charge in [0.25, 0.3) is 0 Å². The Morgan fingerprint density at radius 3 is 2.78 bits per heavy atom. The topological polar surface area (TPSA) is 72.7 Å². The molecule has 0 unspecified atom stereocenters. The van der Waals surface area contributed by atoms with E-state index in [4.69, 9.17) is 0 Å². The molecule has 2 heterocycles. The summed E-state index contributed by atoms with van der Waals surface area (Å²) in [6, 6.07) is 4.66. The van der Waals surface area contributed by atoms with Crippen molar-refractivity contribution in [3.63, 3.8) is 0 Å². The van der Waals surface area contributed by atoms with Crippen molar-refractivity contribution in [1.29, 1.82) is 0 Å². The van der Waals surface area contributed by atoms with Gasteiger partial charge in [0.2, 0.25) is 5.91 Å². The number of carbonyl (C=O) groups excluding carboxylic acids is 1. The molecule has 3 atom stereocenters. The predicted octanol–water partition coefficient (Wildman–Crippen LogP) is 3.85. The molecule has 0 spiro atoms. The molecule has 27 heavy (non-hydrogen) atoms. The zero-order valence-electron chi connectivity index (χ0n) is 16.0. The van der Waals surface area contributed by atoms with Crippen LogP contribution in [0.15, 0.2) is 29.7 Å². The summed E-state index contributed by atoms with van der Waals surface area (Å²) in [5.74, 6) is 1.51. The van der Waals surface area contributed by atoms with E-state index >= 15 is 0 Å². The Balaban J connectivity index is 1.47. The van der Waals surface area contributed by atoms with Crippen LogP contribution in [0, 0.1) is 5.92 Å². The van der Waals surface area contributed by atoms with Crippen molar-refractivity contribution < 1.29 is 4.79 Å². The monoisotopic (exact) mass is 385 g/mol. The lowest BCUT2D eigenvalue weighted by molar-refractivity contribution is -0.121. The molecule has 144 valence electrons. The lowest BCUT2D eigenvalue weighted by Crippen LogP contribution is -2.44. The number of rotatable bonds is 6. The summed E-state index contributed by atoms with van der Waals surface area (Å²) in [7, 11) is 0. The Kier molecular flexibility index (Phi) is 5.48. The summed E-state index contributed by atoms with van der Waals surface area (Å²) in [6.45, 7) is 4.20. The van der Waals surface area contributed by atoms with E-state index < -0.39 is 0 Å². The van der Waals surface area contributed by atoms with Crippen LogP contribution >= 0.6 is 11.8 Å². The van der Waals surface area contributed by atoms with Gasteiger partial charge in [0.15, 0.2) is 11.0 Å². The molecular weight excluding hydrogens is 358 g/mol. The number of hydrogen-bond acceptors (Lipinski definition) is 5.